The molecule has 0 unspecified atom stereocenters. The molecule has 1 saturated heterocycles. The van der Waals surface area contributed by atoms with Crippen LogP contribution in [0.1, 0.15) is 27.7 Å². The number of fused-ring (bicyclic) bond motifs is 5. The molecule has 0 amide bonds. The first-order valence-electron chi connectivity index (χ1n) is 12.8. The van der Waals surface area contributed by atoms with E-state index in [-0.39, 0.29) is 11.2 Å². The SMILES string of the molecule is CC1(C)OB(c2cccc(-n3ncc4c3ccc3c5ccccc5n(-c5ccccc5)c34)c2)OC1(C)C. The van der Waals surface area contributed by atoms with Crippen LogP contribution in [0.15, 0.2) is 97.2 Å². The molecule has 6 heteroatoms. The number of hydrogen-bond acceptors (Lipinski definition) is 3. The van der Waals surface area contributed by atoms with E-state index in [0.717, 1.165) is 27.7 Å². The van der Waals surface area contributed by atoms with Crippen molar-refractivity contribution < 1.29 is 9.31 Å². The zero-order chi connectivity index (χ0) is 25.4. The zero-order valence-corrected chi connectivity index (χ0v) is 21.5. The molecule has 0 atom stereocenters. The van der Waals surface area contributed by atoms with Crippen LogP contribution in [-0.2, 0) is 9.31 Å². The Bertz CT molecular complexity index is 1780. The van der Waals surface area contributed by atoms with Crippen molar-refractivity contribution in [2.75, 3.05) is 0 Å². The molecule has 0 spiro atoms. The van der Waals surface area contributed by atoms with Gasteiger partial charge >= 0.3 is 7.12 Å². The van der Waals surface area contributed by atoms with Crippen molar-refractivity contribution in [3.8, 4) is 11.4 Å². The topological polar surface area (TPSA) is 41.2 Å². The maximum atomic E-state index is 6.31. The average molecular weight is 485 g/mol. The van der Waals surface area contributed by atoms with Crippen molar-refractivity contribution in [2.45, 2.75) is 38.9 Å². The van der Waals surface area contributed by atoms with Crippen molar-refractivity contribution >= 4 is 45.3 Å². The Morgan fingerprint density at radius 2 is 1.35 bits per heavy atom. The molecule has 0 bridgehead atoms. The van der Waals surface area contributed by atoms with Gasteiger partial charge in [0.1, 0.15) is 0 Å². The molecule has 1 aliphatic heterocycles. The lowest BCUT2D eigenvalue weighted by Gasteiger charge is -2.32. The first-order valence-corrected chi connectivity index (χ1v) is 12.8. The number of nitrogens with zero attached hydrogens (tertiary/aromatic N) is 3. The smallest absolute Gasteiger partial charge is 0.399 e. The summed E-state index contributed by atoms with van der Waals surface area (Å²) in [7, 11) is -0.418. The lowest BCUT2D eigenvalue weighted by molar-refractivity contribution is 0.00578. The van der Waals surface area contributed by atoms with Gasteiger partial charge in [0.25, 0.3) is 0 Å². The summed E-state index contributed by atoms with van der Waals surface area (Å²) in [5, 5.41) is 8.43. The largest absolute Gasteiger partial charge is 0.494 e. The molecule has 0 aliphatic carbocycles. The molecule has 6 aromatic rings. The normalized spacial score (nSPS) is 16.8. The molecule has 0 radical (unpaired) electrons. The Balaban J connectivity index is 1.41. The van der Waals surface area contributed by atoms with Crippen molar-refractivity contribution in [1.29, 1.82) is 0 Å². The molecule has 3 heterocycles. The quantitative estimate of drug-likeness (QED) is 0.272. The van der Waals surface area contributed by atoms with Crippen LogP contribution in [0.2, 0.25) is 0 Å². The van der Waals surface area contributed by atoms with Gasteiger partial charge in [-0.25, -0.2) is 4.68 Å². The van der Waals surface area contributed by atoms with Gasteiger partial charge in [-0.1, -0.05) is 48.5 Å². The van der Waals surface area contributed by atoms with Crippen LogP contribution in [0, 0.1) is 0 Å². The molecule has 0 saturated carbocycles. The Morgan fingerprint density at radius 1 is 0.649 bits per heavy atom. The van der Waals surface area contributed by atoms with Crippen LogP contribution in [-0.4, -0.2) is 32.7 Å². The Labute approximate surface area is 216 Å². The summed E-state index contributed by atoms with van der Waals surface area (Å²) in [4.78, 5) is 0. The van der Waals surface area contributed by atoms with Gasteiger partial charge in [0, 0.05) is 21.8 Å². The van der Waals surface area contributed by atoms with E-state index >= 15 is 0 Å². The summed E-state index contributed by atoms with van der Waals surface area (Å²) < 4.78 is 17.0. The molecule has 182 valence electrons. The van der Waals surface area contributed by atoms with E-state index in [1.165, 1.54) is 21.8 Å². The van der Waals surface area contributed by atoms with Gasteiger partial charge in [-0.05, 0) is 75.6 Å². The lowest BCUT2D eigenvalue weighted by atomic mass is 9.79. The first-order chi connectivity index (χ1) is 17.8. The van der Waals surface area contributed by atoms with E-state index in [1.54, 1.807) is 0 Å². The van der Waals surface area contributed by atoms with Gasteiger partial charge in [-0.2, -0.15) is 5.10 Å². The van der Waals surface area contributed by atoms with Crippen LogP contribution in [0.3, 0.4) is 0 Å². The fourth-order valence-corrected chi connectivity index (χ4v) is 5.40. The summed E-state index contributed by atoms with van der Waals surface area (Å²) in [5.74, 6) is 0. The summed E-state index contributed by atoms with van der Waals surface area (Å²) in [6.45, 7) is 8.31. The lowest BCUT2D eigenvalue weighted by Crippen LogP contribution is -2.41. The van der Waals surface area contributed by atoms with Crippen molar-refractivity contribution in [3.63, 3.8) is 0 Å². The van der Waals surface area contributed by atoms with Gasteiger partial charge < -0.3 is 13.9 Å². The van der Waals surface area contributed by atoms with Gasteiger partial charge in [0.2, 0.25) is 0 Å². The van der Waals surface area contributed by atoms with Crippen LogP contribution in [0.5, 0.6) is 0 Å². The second-order valence-electron chi connectivity index (χ2n) is 10.8. The third kappa shape index (κ3) is 3.29. The highest BCUT2D eigenvalue weighted by Gasteiger charge is 2.51. The zero-order valence-electron chi connectivity index (χ0n) is 21.5. The second-order valence-corrected chi connectivity index (χ2v) is 10.8. The molecule has 37 heavy (non-hydrogen) atoms. The summed E-state index contributed by atoms with van der Waals surface area (Å²) >= 11 is 0. The molecule has 7 rings (SSSR count). The highest BCUT2D eigenvalue weighted by atomic mass is 16.7. The number of aromatic nitrogens is 3. The van der Waals surface area contributed by atoms with E-state index in [4.69, 9.17) is 14.4 Å². The maximum Gasteiger partial charge on any atom is 0.494 e. The average Bonchev–Trinajstić information content (AvgIpc) is 3.54. The molecule has 0 N–H and O–H groups in total. The number of hydrogen-bond donors (Lipinski definition) is 0. The predicted molar refractivity (Wildman–Crippen MR) is 151 cm³/mol. The highest BCUT2D eigenvalue weighted by Crippen LogP contribution is 2.38. The van der Waals surface area contributed by atoms with E-state index < -0.39 is 7.12 Å². The fourth-order valence-electron chi connectivity index (χ4n) is 5.40. The summed E-state index contributed by atoms with van der Waals surface area (Å²) in [6.07, 6.45) is 1.98. The van der Waals surface area contributed by atoms with Gasteiger partial charge in [-0.3, -0.25) is 0 Å². The second kappa shape index (κ2) is 7.82. The minimum Gasteiger partial charge on any atom is -0.399 e. The molecular formula is C31H28BN3O2. The molecule has 2 aromatic heterocycles. The van der Waals surface area contributed by atoms with Crippen molar-refractivity contribution in [1.82, 2.24) is 14.3 Å². The van der Waals surface area contributed by atoms with E-state index in [2.05, 4.69) is 117 Å². The minimum absolute atomic E-state index is 0.386. The first kappa shape index (κ1) is 22.3. The molecule has 1 aliphatic rings. The van der Waals surface area contributed by atoms with Gasteiger partial charge in [0.15, 0.2) is 0 Å². The predicted octanol–water partition coefficient (Wildman–Crippen LogP) is 6.42. The molecule has 4 aromatic carbocycles. The van der Waals surface area contributed by atoms with Crippen LogP contribution >= 0.6 is 0 Å². The minimum atomic E-state index is -0.418. The molecule has 1 fully saturated rings. The van der Waals surface area contributed by atoms with Crippen LogP contribution in [0.4, 0.5) is 0 Å². The van der Waals surface area contributed by atoms with Crippen molar-refractivity contribution in [2.24, 2.45) is 0 Å². The summed E-state index contributed by atoms with van der Waals surface area (Å²) in [6, 6.07) is 31.8. The van der Waals surface area contributed by atoms with Crippen LogP contribution in [0.25, 0.3) is 44.1 Å². The number of benzene rings is 4. The third-order valence-electron chi connectivity index (χ3n) is 8.04. The highest BCUT2D eigenvalue weighted by molar-refractivity contribution is 6.62. The van der Waals surface area contributed by atoms with E-state index in [1.807, 2.05) is 16.9 Å². The number of rotatable bonds is 3. The molecular weight excluding hydrogens is 457 g/mol. The van der Waals surface area contributed by atoms with Gasteiger partial charge in [0.05, 0.1) is 39.6 Å². The Morgan fingerprint density at radius 3 is 2.14 bits per heavy atom. The standard InChI is InChI=1S/C31H28BN3O2/c1-30(2)31(3,4)37-32(36-30)21-11-10-14-23(19-21)35-28-18-17-25-24-15-8-9-16-27(24)34(22-12-6-5-7-13-22)29(25)26(28)20-33-35/h5-20H,1-4H3. The van der Waals surface area contributed by atoms with E-state index in [0.29, 0.717) is 0 Å². The third-order valence-corrected chi connectivity index (χ3v) is 8.04. The summed E-state index contributed by atoms with van der Waals surface area (Å²) in [5.41, 5.74) is 5.73. The van der Waals surface area contributed by atoms with E-state index in [9.17, 15) is 0 Å². The molecule has 5 nitrogen and oxygen atoms in total. The van der Waals surface area contributed by atoms with Gasteiger partial charge in [-0.15, -0.1) is 0 Å². The van der Waals surface area contributed by atoms with Crippen LogP contribution < -0.4 is 5.46 Å². The monoisotopic (exact) mass is 485 g/mol. The fraction of sp³-hybridized carbons (Fsp3) is 0.194. The van der Waals surface area contributed by atoms with Crippen molar-refractivity contribution in [3.05, 3.63) is 97.2 Å². The number of para-hydroxylation sites is 2. The Kier molecular flexibility index (Phi) is 4.72. The maximum absolute atomic E-state index is 6.31. The Hall–Kier alpha value is -3.87.